The zero-order chi connectivity index (χ0) is 22.0. The topological polar surface area (TPSA) is 86.8 Å². The van der Waals surface area contributed by atoms with Crippen molar-refractivity contribution in [3.05, 3.63) is 54.1 Å². The highest BCUT2D eigenvalue weighted by Gasteiger charge is 2.35. The van der Waals surface area contributed by atoms with Gasteiger partial charge in [0.05, 0.1) is 10.8 Å². The van der Waals surface area contributed by atoms with Crippen molar-refractivity contribution in [1.82, 2.24) is 4.31 Å². The molecular weight excluding hydrogens is 414 g/mol. The van der Waals surface area contributed by atoms with Crippen LogP contribution in [0, 0.1) is 5.92 Å². The number of hydrogen-bond donors (Lipinski definition) is 1. The highest BCUT2D eigenvalue weighted by atomic mass is 32.2. The van der Waals surface area contributed by atoms with E-state index in [1.165, 1.54) is 10.4 Å². The summed E-state index contributed by atoms with van der Waals surface area (Å²) in [6.45, 7) is 3.42. The Morgan fingerprint density at radius 2 is 1.84 bits per heavy atom. The Balaban J connectivity index is 1.46. The fourth-order valence-corrected chi connectivity index (χ4v) is 5.70. The van der Waals surface area contributed by atoms with E-state index in [9.17, 15) is 18.0 Å². The van der Waals surface area contributed by atoms with Crippen molar-refractivity contribution in [2.24, 2.45) is 5.92 Å². The second kappa shape index (κ2) is 8.80. The molecule has 0 aromatic heterocycles. The van der Waals surface area contributed by atoms with E-state index < -0.39 is 15.9 Å². The van der Waals surface area contributed by atoms with Crippen molar-refractivity contribution in [2.75, 3.05) is 29.9 Å². The Bertz CT molecular complexity index is 1090. The zero-order valence-corrected chi connectivity index (χ0v) is 18.4. The Hall–Kier alpha value is -2.71. The molecule has 0 saturated carbocycles. The van der Waals surface area contributed by atoms with Crippen molar-refractivity contribution < 1.29 is 18.0 Å². The molecule has 2 saturated heterocycles. The number of rotatable bonds is 6. The van der Waals surface area contributed by atoms with Gasteiger partial charge in [0.15, 0.2) is 0 Å². The standard InChI is InChI=1S/C23H27N3O4S/c1-2-17-7-5-9-20(13-17)26-16-18(14-22(26)27)23(28)24-19-8-6-10-21(15-19)31(29,30)25-11-3-4-12-25/h5-10,13,15,18H,2-4,11-12,14,16H2,1H3,(H,24,28)/t18-/m0/s1. The number of nitrogens with one attached hydrogen (secondary N) is 1. The summed E-state index contributed by atoms with van der Waals surface area (Å²) in [7, 11) is -3.56. The van der Waals surface area contributed by atoms with Crippen LogP contribution < -0.4 is 10.2 Å². The molecule has 31 heavy (non-hydrogen) atoms. The summed E-state index contributed by atoms with van der Waals surface area (Å²) in [5.74, 6) is -0.853. The third-order valence-electron chi connectivity index (χ3n) is 5.93. The third kappa shape index (κ3) is 4.50. The van der Waals surface area contributed by atoms with E-state index in [-0.39, 0.29) is 23.1 Å². The molecular formula is C23H27N3O4S. The molecule has 2 fully saturated rings. The fraction of sp³-hybridized carbons (Fsp3) is 0.391. The van der Waals surface area contributed by atoms with Gasteiger partial charge in [-0.1, -0.05) is 25.1 Å². The Labute approximate surface area is 183 Å². The fourth-order valence-electron chi connectivity index (χ4n) is 4.13. The molecule has 2 aliphatic rings. The first kappa shape index (κ1) is 21.5. The van der Waals surface area contributed by atoms with E-state index in [1.54, 1.807) is 23.1 Å². The third-order valence-corrected chi connectivity index (χ3v) is 7.83. The highest BCUT2D eigenvalue weighted by Crippen LogP contribution is 2.28. The molecule has 2 aromatic carbocycles. The second-order valence-corrected chi connectivity index (χ2v) is 10.00. The summed E-state index contributed by atoms with van der Waals surface area (Å²) in [5, 5.41) is 2.80. The molecule has 1 atom stereocenters. The van der Waals surface area contributed by atoms with Crippen LogP contribution in [-0.4, -0.2) is 44.2 Å². The molecule has 0 radical (unpaired) electrons. The predicted molar refractivity (Wildman–Crippen MR) is 119 cm³/mol. The maximum atomic E-state index is 12.8. The molecule has 0 aliphatic carbocycles. The number of benzene rings is 2. The molecule has 0 bridgehead atoms. The molecule has 7 nitrogen and oxygen atoms in total. The quantitative estimate of drug-likeness (QED) is 0.747. The van der Waals surface area contributed by atoms with Crippen molar-refractivity contribution in [1.29, 1.82) is 0 Å². The van der Waals surface area contributed by atoms with Crippen LogP contribution in [0.1, 0.15) is 31.7 Å². The lowest BCUT2D eigenvalue weighted by Crippen LogP contribution is -2.29. The number of hydrogen-bond acceptors (Lipinski definition) is 4. The van der Waals surface area contributed by atoms with Gasteiger partial charge in [-0.2, -0.15) is 4.31 Å². The summed E-state index contributed by atoms with van der Waals surface area (Å²) in [6.07, 6.45) is 2.73. The van der Waals surface area contributed by atoms with Gasteiger partial charge in [-0.25, -0.2) is 8.42 Å². The van der Waals surface area contributed by atoms with Gasteiger partial charge >= 0.3 is 0 Å². The molecule has 164 valence electrons. The van der Waals surface area contributed by atoms with Gasteiger partial charge < -0.3 is 10.2 Å². The summed E-state index contributed by atoms with van der Waals surface area (Å²) in [4.78, 5) is 27.2. The number of carbonyl (C=O) groups is 2. The number of aryl methyl sites for hydroxylation is 1. The smallest absolute Gasteiger partial charge is 0.243 e. The minimum absolute atomic E-state index is 0.0845. The minimum Gasteiger partial charge on any atom is -0.326 e. The van der Waals surface area contributed by atoms with Gasteiger partial charge in [0.25, 0.3) is 0 Å². The van der Waals surface area contributed by atoms with Crippen LogP contribution in [0.2, 0.25) is 0 Å². The zero-order valence-electron chi connectivity index (χ0n) is 17.6. The maximum Gasteiger partial charge on any atom is 0.243 e. The summed E-state index contributed by atoms with van der Waals surface area (Å²) in [5.41, 5.74) is 2.36. The Kier molecular flexibility index (Phi) is 6.11. The lowest BCUT2D eigenvalue weighted by atomic mass is 10.1. The van der Waals surface area contributed by atoms with Gasteiger partial charge in [-0.15, -0.1) is 0 Å². The first-order valence-corrected chi connectivity index (χ1v) is 12.1. The van der Waals surface area contributed by atoms with Crippen LogP contribution in [-0.2, 0) is 26.0 Å². The molecule has 2 heterocycles. The normalized spacial score (nSPS) is 19.7. The van der Waals surface area contributed by atoms with E-state index in [2.05, 4.69) is 12.2 Å². The largest absolute Gasteiger partial charge is 0.326 e. The molecule has 2 aromatic rings. The maximum absolute atomic E-state index is 12.8. The average molecular weight is 442 g/mol. The van der Waals surface area contributed by atoms with Gasteiger partial charge in [0, 0.05) is 37.4 Å². The summed E-state index contributed by atoms with van der Waals surface area (Å²) < 4.78 is 27.0. The highest BCUT2D eigenvalue weighted by molar-refractivity contribution is 7.89. The SMILES string of the molecule is CCc1cccc(N2C[C@@H](C(=O)Nc3cccc(S(=O)(=O)N4CCCC4)c3)CC2=O)c1. The Morgan fingerprint density at radius 1 is 1.10 bits per heavy atom. The number of amides is 2. The van der Waals surface area contributed by atoms with E-state index >= 15 is 0 Å². The van der Waals surface area contributed by atoms with Crippen LogP contribution in [0.15, 0.2) is 53.4 Å². The van der Waals surface area contributed by atoms with Crippen molar-refractivity contribution >= 4 is 33.2 Å². The van der Waals surface area contributed by atoms with E-state index in [4.69, 9.17) is 0 Å². The molecule has 8 heteroatoms. The van der Waals surface area contributed by atoms with Crippen molar-refractivity contribution in [3.63, 3.8) is 0 Å². The van der Waals surface area contributed by atoms with Crippen LogP contribution in [0.4, 0.5) is 11.4 Å². The van der Waals surface area contributed by atoms with E-state index in [0.717, 1.165) is 30.5 Å². The predicted octanol–water partition coefficient (Wildman–Crippen LogP) is 3.03. The van der Waals surface area contributed by atoms with Crippen LogP contribution in [0.5, 0.6) is 0 Å². The van der Waals surface area contributed by atoms with Crippen LogP contribution in [0.25, 0.3) is 0 Å². The Morgan fingerprint density at radius 3 is 2.58 bits per heavy atom. The number of anilines is 2. The summed E-state index contributed by atoms with van der Waals surface area (Å²) in [6, 6.07) is 14.1. The second-order valence-electron chi connectivity index (χ2n) is 8.06. The molecule has 0 unspecified atom stereocenters. The number of carbonyl (C=O) groups excluding carboxylic acids is 2. The summed E-state index contributed by atoms with van der Waals surface area (Å²) >= 11 is 0. The first-order chi connectivity index (χ1) is 14.9. The number of nitrogens with zero attached hydrogens (tertiary/aromatic N) is 2. The van der Waals surface area contributed by atoms with Gasteiger partial charge in [0.2, 0.25) is 21.8 Å². The van der Waals surface area contributed by atoms with Gasteiger partial charge in [-0.05, 0) is 55.2 Å². The first-order valence-electron chi connectivity index (χ1n) is 10.7. The molecule has 4 rings (SSSR count). The lowest BCUT2D eigenvalue weighted by Gasteiger charge is -2.18. The number of sulfonamides is 1. The van der Waals surface area contributed by atoms with E-state index in [0.29, 0.717) is 25.3 Å². The average Bonchev–Trinajstić information content (AvgIpc) is 3.44. The van der Waals surface area contributed by atoms with Gasteiger partial charge in [-0.3, -0.25) is 9.59 Å². The van der Waals surface area contributed by atoms with Crippen molar-refractivity contribution in [3.8, 4) is 0 Å². The minimum atomic E-state index is -3.56. The molecule has 1 N–H and O–H groups in total. The van der Waals surface area contributed by atoms with E-state index in [1.807, 2.05) is 24.3 Å². The van der Waals surface area contributed by atoms with Crippen LogP contribution >= 0.6 is 0 Å². The van der Waals surface area contributed by atoms with Crippen LogP contribution in [0.3, 0.4) is 0 Å². The van der Waals surface area contributed by atoms with Crippen molar-refractivity contribution in [2.45, 2.75) is 37.5 Å². The lowest BCUT2D eigenvalue weighted by molar-refractivity contribution is -0.122. The molecule has 2 aliphatic heterocycles. The van der Waals surface area contributed by atoms with Gasteiger partial charge in [0.1, 0.15) is 0 Å². The molecule has 2 amide bonds. The molecule has 0 spiro atoms. The monoisotopic (exact) mass is 441 g/mol.